The number of carbonyl (C=O) groups excluding carboxylic acids is 1. The van der Waals surface area contributed by atoms with E-state index in [1.807, 2.05) is 24.3 Å². The molecule has 2 nitrogen and oxygen atoms in total. The third-order valence-electron chi connectivity index (χ3n) is 3.59. The Bertz CT molecular complexity index is 551. The van der Waals surface area contributed by atoms with E-state index in [9.17, 15) is 4.79 Å². The SMILES string of the molecule is CCCC(CCC)C(=O)c1cccc2ccncc12. The molecule has 0 radical (unpaired) electrons. The summed E-state index contributed by atoms with van der Waals surface area (Å²) in [4.78, 5) is 16.9. The van der Waals surface area contributed by atoms with Crippen molar-refractivity contribution in [1.82, 2.24) is 4.98 Å². The Balaban J connectivity index is 2.39. The molecular weight excluding hydrogens is 234 g/mol. The van der Waals surface area contributed by atoms with Gasteiger partial charge in [0.1, 0.15) is 0 Å². The lowest BCUT2D eigenvalue weighted by atomic mass is 9.88. The highest BCUT2D eigenvalue weighted by molar-refractivity contribution is 6.08. The zero-order valence-corrected chi connectivity index (χ0v) is 11.7. The van der Waals surface area contributed by atoms with Crippen LogP contribution < -0.4 is 0 Å². The van der Waals surface area contributed by atoms with E-state index in [4.69, 9.17) is 0 Å². The van der Waals surface area contributed by atoms with E-state index in [0.29, 0.717) is 0 Å². The monoisotopic (exact) mass is 255 g/mol. The summed E-state index contributed by atoms with van der Waals surface area (Å²) in [6.07, 6.45) is 7.63. The number of carbonyl (C=O) groups is 1. The summed E-state index contributed by atoms with van der Waals surface area (Å²) >= 11 is 0. The van der Waals surface area contributed by atoms with Crippen molar-refractivity contribution in [3.8, 4) is 0 Å². The van der Waals surface area contributed by atoms with Crippen LogP contribution in [-0.2, 0) is 0 Å². The van der Waals surface area contributed by atoms with Crippen molar-refractivity contribution in [2.45, 2.75) is 39.5 Å². The molecular formula is C17H21NO. The van der Waals surface area contributed by atoms with Crippen molar-refractivity contribution >= 4 is 16.6 Å². The second-order valence-corrected chi connectivity index (χ2v) is 5.04. The number of rotatable bonds is 6. The van der Waals surface area contributed by atoms with Gasteiger partial charge in [-0.25, -0.2) is 0 Å². The number of hydrogen-bond donors (Lipinski definition) is 0. The lowest BCUT2D eigenvalue weighted by Crippen LogP contribution is -2.15. The quantitative estimate of drug-likeness (QED) is 0.704. The van der Waals surface area contributed by atoms with E-state index in [0.717, 1.165) is 42.0 Å². The summed E-state index contributed by atoms with van der Waals surface area (Å²) < 4.78 is 0. The van der Waals surface area contributed by atoms with Crippen LogP contribution in [0.15, 0.2) is 36.7 Å². The van der Waals surface area contributed by atoms with Crippen molar-refractivity contribution < 1.29 is 4.79 Å². The Morgan fingerprint density at radius 3 is 2.58 bits per heavy atom. The summed E-state index contributed by atoms with van der Waals surface area (Å²) in [6, 6.07) is 7.89. The molecule has 2 aromatic rings. The zero-order valence-electron chi connectivity index (χ0n) is 11.7. The summed E-state index contributed by atoms with van der Waals surface area (Å²) in [6.45, 7) is 4.28. The molecule has 100 valence electrons. The van der Waals surface area contributed by atoms with Gasteiger partial charge in [-0.05, 0) is 24.3 Å². The van der Waals surface area contributed by atoms with Gasteiger partial charge in [-0.15, -0.1) is 0 Å². The predicted molar refractivity (Wildman–Crippen MR) is 79.4 cm³/mol. The van der Waals surface area contributed by atoms with Gasteiger partial charge in [0.2, 0.25) is 0 Å². The number of fused-ring (bicyclic) bond motifs is 1. The fourth-order valence-corrected chi connectivity index (χ4v) is 2.65. The topological polar surface area (TPSA) is 30.0 Å². The molecule has 0 N–H and O–H groups in total. The maximum absolute atomic E-state index is 12.7. The number of Topliss-reactive ketones (excluding diaryl/α,β-unsaturated/α-hetero) is 1. The second kappa shape index (κ2) is 6.46. The summed E-state index contributed by atoms with van der Waals surface area (Å²) in [5, 5.41) is 2.07. The summed E-state index contributed by atoms with van der Waals surface area (Å²) in [7, 11) is 0. The average Bonchev–Trinajstić information content (AvgIpc) is 2.46. The Morgan fingerprint density at radius 1 is 1.16 bits per heavy atom. The first kappa shape index (κ1) is 13.7. The Labute approximate surface area is 114 Å². The van der Waals surface area contributed by atoms with Crippen LogP contribution >= 0.6 is 0 Å². The smallest absolute Gasteiger partial charge is 0.166 e. The average molecular weight is 255 g/mol. The standard InChI is InChI=1S/C17H21NO/c1-3-6-14(7-4-2)17(19)15-9-5-8-13-10-11-18-12-16(13)15/h5,8-12,14H,3-4,6-7H2,1-2H3. The van der Waals surface area contributed by atoms with Crippen molar-refractivity contribution in [2.75, 3.05) is 0 Å². The fraction of sp³-hybridized carbons (Fsp3) is 0.412. The van der Waals surface area contributed by atoms with Crippen LogP contribution in [0, 0.1) is 5.92 Å². The van der Waals surface area contributed by atoms with Gasteiger partial charge in [0, 0.05) is 29.3 Å². The van der Waals surface area contributed by atoms with Crippen LogP contribution in [0.5, 0.6) is 0 Å². The molecule has 1 aromatic carbocycles. The van der Waals surface area contributed by atoms with Crippen LogP contribution in [0.2, 0.25) is 0 Å². The van der Waals surface area contributed by atoms with Gasteiger partial charge in [-0.3, -0.25) is 9.78 Å². The molecule has 0 spiro atoms. The maximum Gasteiger partial charge on any atom is 0.166 e. The molecule has 0 saturated heterocycles. The maximum atomic E-state index is 12.7. The van der Waals surface area contributed by atoms with Gasteiger partial charge >= 0.3 is 0 Å². The molecule has 1 heterocycles. The molecule has 0 aliphatic heterocycles. The minimum absolute atomic E-state index is 0.154. The predicted octanol–water partition coefficient (Wildman–Crippen LogP) is 4.63. The number of aromatic nitrogens is 1. The third kappa shape index (κ3) is 3.01. The molecule has 0 aliphatic carbocycles. The molecule has 0 fully saturated rings. The first-order valence-electron chi connectivity index (χ1n) is 7.14. The van der Waals surface area contributed by atoms with Crippen molar-refractivity contribution in [3.05, 3.63) is 42.2 Å². The molecule has 0 bridgehead atoms. The molecule has 0 saturated carbocycles. The van der Waals surface area contributed by atoms with Crippen LogP contribution in [0.3, 0.4) is 0 Å². The first-order valence-corrected chi connectivity index (χ1v) is 7.14. The van der Waals surface area contributed by atoms with Crippen molar-refractivity contribution in [2.24, 2.45) is 5.92 Å². The molecule has 0 amide bonds. The van der Waals surface area contributed by atoms with Crippen molar-refractivity contribution in [1.29, 1.82) is 0 Å². The fourth-order valence-electron chi connectivity index (χ4n) is 2.65. The Morgan fingerprint density at radius 2 is 1.89 bits per heavy atom. The van der Waals surface area contributed by atoms with Crippen molar-refractivity contribution in [3.63, 3.8) is 0 Å². The molecule has 1 aromatic heterocycles. The molecule has 2 heteroatoms. The minimum atomic E-state index is 0.154. The number of pyridine rings is 1. The molecule has 0 aliphatic rings. The largest absolute Gasteiger partial charge is 0.294 e. The van der Waals surface area contributed by atoms with Crippen LogP contribution in [-0.4, -0.2) is 10.8 Å². The van der Waals surface area contributed by atoms with E-state index >= 15 is 0 Å². The minimum Gasteiger partial charge on any atom is -0.294 e. The summed E-state index contributed by atoms with van der Waals surface area (Å²) in [5.74, 6) is 0.433. The highest BCUT2D eigenvalue weighted by atomic mass is 16.1. The van der Waals surface area contributed by atoms with Crippen LogP contribution in [0.1, 0.15) is 49.9 Å². The van der Waals surface area contributed by atoms with E-state index in [2.05, 4.69) is 18.8 Å². The van der Waals surface area contributed by atoms with E-state index in [1.54, 1.807) is 12.4 Å². The Hall–Kier alpha value is -1.70. The highest BCUT2D eigenvalue weighted by Crippen LogP contribution is 2.24. The van der Waals surface area contributed by atoms with E-state index in [1.165, 1.54) is 0 Å². The zero-order chi connectivity index (χ0) is 13.7. The lowest BCUT2D eigenvalue weighted by molar-refractivity contribution is 0.0906. The number of ketones is 1. The van der Waals surface area contributed by atoms with Crippen LogP contribution in [0.4, 0.5) is 0 Å². The third-order valence-corrected chi connectivity index (χ3v) is 3.59. The molecule has 0 unspecified atom stereocenters. The van der Waals surface area contributed by atoms with Gasteiger partial charge in [0.05, 0.1) is 0 Å². The molecule has 19 heavy (non-hydrogen) atoms. The normalized spacial score (nSPS) is 11.1. The van der Waals surface area contributed by atoms with Gasteiger partial charge < -0.3 is 0 Å². The highest BCUT2D eigenvalue weighted by Gasteiger charge is 2.20. The van der Waals surface area contributed by atoms with Crippen LogP contribution in [0.25, 0.3) is 10.8 Å². The van der Waals surface area contributed by atoms with Gasteiger partial charge in [-0.2, -0.15) is 0 Å². The number of nitrogens with zero attached hydrogens (tertiary/aromatic N) is 1. The van der Waals surface area contributed by atoms with Gasteiger partial charge in [0.15, 0.2) is 5.78 Å². The van der Waals surface area contributed by atoms with E-state index in [-0.39, 0.29) is 11.7 Å². The second-order valence-electron chi connectivity index (χ2n) is 5.04. The van der Waals surface area contributed by atoms with E-state index < -0.39 is 0 Å². The molecule has 0 atom stereocenters. The Kier molecular flexibility index (Phi) is 4.67. The number of hydrogen-bond acceptors (Lipinski definition) is 2. The lowest BCUT2D eigenvalue weighted by Gasteiger charge is -2.15. The summed E-state index contributed by atoms with van der Waals surface area (Å²) in [5.41, 5.74) is 0.831. The van der Waals surface area contributed by atoms with Gasteiger partial charge in [-0.1, -0.05) is 44.9 Å². The van der Waals surface area contributed by atoms with Gasteiger partial charge in [0.25, 0.3) is 0 Å². The number of benzene rings is 1. The first-order chi connectivity index (χ1) is 9.27. The molecule has 2 rings (SSSR count).